The Labute approximate surface area is 121 Å². The van der Waals surface area contributed by atoms with Crippen LogP contribution < -0.4 is 10.9 Å². The van der Waals surface area contributed by atoms with Crippen molar-refractivity contribution in [2.75, 3.05) is 0 Å². The number of unbranched alkanes of at least 4 members (excludes halogenated alkanes) is 2. The average molecular weight is 377 g/mol. The molecule has 0 saturated heterocycles. The number of hydrazine groups is 1. The van der Waals surface area contributed by atoms with Gasteiger partial charge < -0.3 is 0 Å². The van der Waals surface area contributed by atoms with Crippen molar-refractivity contribution in [2.24, 2.45) is 0 Å². The zero-order chi connectivity index (χ0) is 14.9. The van der Waals surface area contributed by atoms with Gasteiger partial charge in [-0.1, -0.05) is 0 Å². The Hall–Kier alpha value is -0.261. The zero-order valence-electron chi connectivity index (χ0n) is 13.1. The van der Waals surface area contributed by atoms with Gasteiger partial charge in [0.05, 0.1) is 0 Å². The summed E-state index contributed by atoms with van der Waals surface area (Å²) in [5.74, 6) is -0.190. The van der Waals surface area contributed by atoms with Crippen LogP contribution in [0.2, 0.25) is 18.8 Å². The van der Waals surface area contributed by atoms with Crippen molar-refractivity contribution in [3.05, 3.63) is 0 Å². The number of carbonyl (C=O) groups is 2. The fourth-order valence-electron chi connectivity index (χ4n) is 1.98. The van der Waals surface area contributed by atoms with E-state index in [1.54, 1.807) is 6.92 Å². The topological polar surface area (TPSA) is 58.2 Å². The molecule has 0 aromatic carbocycles. The summed E-state index contributed by atoms with van der Waals surface area (Å²) >= 11 is -2.08. The van der Waals surface area contributed by atoms with Crippen LogP contribution in [0.4, 0.5) is 0 Å². The van der Waals surface area contributed by atoms with Crippen molar-refractivity contribution < 1.29 is 9.59 Å². The van der Waals surface area contributed by atoms with Gasteiger partial charge >= 0.3 is 122 Å². The van der Waals surface area contributed by atoms with E-state index in [2.05, 4.69) is 32.6 Å². The molecule has 0 aliphatic carbocycles. The first kappa shape index (κ1) is 18.7. The molecule has 2 amide bonds. The van der Waals surface area contributed by atoms with E-state index in [-0.39, 0.29) is 11.8 Å². The Morgan fingerprint density at radius 3 is 2.05 bits per heavy atom. The summed E-state index contributed by atoms with van der Waals surface area (Å²) < 4.78 is 0.555. The second-order valence-electron chi connectivity index (χ2n) is 6.21. The SMILES string of the molecule is CCCCC[CH](CC(=O)NNC(=O)CC)[Sn]([CH3])([CH3])[CH3]. The fraction of sp³-hybridized carbons (Fsp3) is 0.857. The van der Waals surface area contributed by atoms with Gasteiger partial charge in [0.1, 0.15) is 0 Å². The van der Waals surface area contributed by atoms with Crippen LogP contribution in [0.3, 0.4) is 0 Å². The summed E-state index contributed by atoms with van der Waals surface area (Å²) in [4.78, 5) is 30.1. The summed E-state index contributed by atoms with van der Waals surface area (Å²) in [6.07, 6.45) is 5.77. The normalized spacial score (nSPS) is 12.9. The van der Waals surface area contributed by atoms with Crippen molar-refractivity contribution in [3.63, 3.8) is 0 Å². The predicted octanol–water partition coefficient (Wildman–Crippen LogP) is 3.22. The predicted molar refractivity (Wildman–Crippen MR) is 82.4 cm³/mol. The van der Waals surface area contributed by atoms with Crippen LogP contribution in [-0.2, 0) is 9.59 Å². The molecule has 0 spiro atoms. The van der Waals surface area contributed by atoms with E-state index >= 15 is 0 Å². The quantitative estimate of drug-likeness (QED) is 0.388. The van der Waals surface area contributed by atoms with E-state index in [0.717, 1.165) is 6.42 Å². The maximum atomic E-state index is 11.9. The molecule has 0 aromatic heterocycles. The average Bonchev–Trinajstić information content (AvgIpc) is 2.33. The van der Waals surface area contributed by atoms with E-state index in [1.165, 1.54) is 19.3 Å². The van der Waals surface area contributed by atoms with E-state index < -0.39 is 18.4 Å². The number of nitrogens with one attached hydrogen (secondary N) is 2. The monoisotopic (exact) mass is 378 g/mol. The van der Waals surface area contributed by atoms with E-state index in [9.17, 15) is 9.59 Å². The molecule has 1 unspecified atom stereocenters. The fourth-order valence-corrected chi connectivity index (χ4v) is 7.32. The molecule has 0 bridgehead atoms. The van der Waals surface area contributed by atoms with E-state index in [4.69, 9.17) is 0 Å². The number of hydrogen-bond acceptors (Lipinski definition) is 2. The molecule has 1 atom stereocenters. The third-order valence-corrected chi connectivity index (χ3v) is 11.9. The van der Waals surface area contributed by atoms with Gasteiger partial charge in [-0.15, -0.1) is 0 Å². The van der Waals surface area contributed by atoms with Gasteiger partial charge in [-0.05, 0) is 0 Å². The molecule has 112 valence electrons. The summed E-state index contributed by atoms with van der Waals surface area (Å²) in [5, 5.41) is 0. The molecule has 0 radical (unpaired) electrons. The van der Waals surface area contributed by atoms with Crippen LogP contribution in [0.1, 0.15) is 52.4 Å². The Morgan fingerprint density at radius 1 is 1.00 bits per heavy atom. The molecular formula is C14H30N2O2Sn. The Bertz CT molecular complexity index is 288. The molecule has 5 heteroatoms. The van der Waals surface area contributed by atoms with Crippen LogP contribution >= 0.6 is 0 Å². The summed E-state index contributed by atoms with van der Waals surface area (Å²) in [7, 11) is 0. The number of rotatable bonds is 8. The minimum absolute atomic E-state index is 0.0464. The molecule has 0 aliphatic heterocycles. The molecular weight excluding hydrogens is 347 g/mol. The van der Waals surface area contributed by atoms with Gasteiger partial charge in [0.25, 0.3) is 0 Å². The Kier molecular flexibility index (Phi) is 9.48. The molecule has 4 nitrogen and oxygen atoms in total. The number of amides is 2. The number of hydrogen-bond donors (Lipinski definition) is 2. The first-order valence-electron chi connectivity index (χ1n) is 7.38. The van der Waals surface area contributed by atoms with Crippen molar-refractivity contribution >= 4 is 30.2 Å². The van der Waals surface area contributed by atoms with Crippen LogP contribution in [0.5, 0.6) is 0 Å². The van der Waals surface area contributed by atoms with Crippen LogP contribution in [0.25, 0.3) is 0 Å². The van der Waals surface area contributed by atoms with Crippen LogP contribution in [0.15, 0.2) is 0 Å². The first-order chi connectivity index (χ1) is 8.81. The maximum absolute atomic E-state index is 11.9. The van der Waals surface area contributed by atoms with Gasteiger partial charge in [-0.3, -0.25) is 0 Å². The minimum atomic E-state index is -2.08. The van der Waals surface area contributed by atoms with E-state index in [1.807, 2.05) is 0 Å². The standard InChI is InChI=1S/C11H21N2O2.3CH3.Sn/c1-3-5-6-7-8-9-11(15)13-12-10(14)4-2;;;;/h8H,3-7,9H2,1-2H3,(H,12,14)(H,13,15);3*1H3;. The summed E-state index contributed by atoms with van der Waals surface area (Å²) in [6.45, 7) is 3.96. The summed E-state index contributed by atoms with van der Waals surface area (Å²) in [6, 6.07) is 0. The van der Waals surface area contributed by atoms with Crippen LogP contribution in [-0.4, -0.2) is 30.2 Å². The zero-order valence-corrected chi connectivity index (χ0v) is 16.0. The third kappa shape index (κ3) is 9.30. The molecule has 0 aromatic rings. The molecule has 0 fully saturated rings. The van der Waals surface area contributed by atoms with Gasteiger partial charge in [-0.2, -0.15) is 0 Å². The van der Waals surface area contributed by atoms with Gasteiger partial charge in [0, 0.05) is 0 Å². The van der Waals surface area contributed by atoms with Crippen molar-refractivity contribution in [1.29, 1.82) is 0 Å². The van der Waals surface area contributed by atoms with Crippen LogP contribution in [0, 0.1) is 0 Å². The van der Waals surface area contributed by atoms with E-state index in [0.29, 0.717) is 16.8 Å². The molecule has 0 rings (SSSR count). The first-order valence-corrected chi connectivity index (χ1v) is 17.6. The van der Waals surface area contributed by atoms with Gasteiger partial charge in [0.2, 0.25) is 0 Å². The second kappa shape index (κ2) is 9.61. The van der Waals surface area contributed by atoms with Crippen molar-refractivity contribution in [3.8, 4) is 0 Å². The Morgan fingerprint density at radius 2 is 1.58 bits per heavy atom. The van der Waals surface area contributed by atoms with Gasteiger partial charge in [-0.25, -0.2) is 0 Å². The van der Waals surface area contributed by atoms with Crippen molar-refractivity contribution in [2.45, 2.75) is 71.1 Å². The Balaban J connectivity index is 4.23. The van der Waals surface area contributed by atoms with Crippen molar-refractivity contribution in [1.82, 2.24) is 10.9 Å². The third-order valence-electron chi connectivity index (χ3n) is 3.48. The number of carbonyl (C=O) groups excluding carboxylic acids is 2. The summed E-state index contributed by atoms with van der Waals surface area (Å²) in [5.41, 5.74) is 4.96. The molecule has 2 N–H and O–H groups in total. The molecule has 0 aliphatic rings. The molecule has 0 saturated carbocycles. The van der Waals surface area contributed by atoms with Gasteiger partial charge in [0.15, 0.2) is 0 Å². The molecule has 0 heterocycles. The molecule has 19 heavy (non-hydrogen) atoms. The second-order valence-corrected chi connectivity index (χ2v) is 22.0.